The number of anilines is 1. The van der Waals surface area contributed by atoms with Crippen LogP contribution in [0.3, 0.4) is 0 Å². The number of hydrogen-bond acceptors (Lipinski definition) is 3. The van der Waals surface area contributed by atoms with Gasteiger partial charge in [-0.3, -0.25) is 4.79 Å². The predicted molar refractivity (Wildman–Crippen MR) is 59.6 cm³/mol. The van der Waals surface area contributed by atoms with Crippen LogP contribution in [-0.2, 0) is 4.79 Å². The zero-order valence-corrected chi connectivity index (χ0v) is 9.67. The number of halogens is 1. The van der Waals surface area contributed by atoms with Crippen molar-refractivity contribution >= 4 is 27.5 Å². The maximum Gasteiger partial charge on any atom is 0.238 e. The normalized spacial score (nSPS) is 9.13. The minimum absolute atomic E-state index is 0.154. The molecule has 0 heterocycles. The average molecular weight is 269 g/mol. The van der Waals surface area contributed by atoms with Crippen molar-refractivity contribution in [3.05, 3.63) is 22.7 Å². The number of nitrogens with zero attached hydrogens (tertiary/aromatic N) is 1. The predicted octanol–water partition coefficient (Wildman–Crippen LogP) is 2.31. The van der Waals surface area contributed by atoms with Gasteiger partial charge in [-0.25, -0.2) is 0 Å². The molecule has 1 aromatic carbocycles. The van der Waals surface area contributed by atoms with Crippen LogP contribution in [0, 0.1) is 11.3 Å². The summed E-state index contributed by atoms with van der Waals surface area (Å²) in [5.74, 6) is 0.298. The summed E-state index contributed by atoms with van der Waals surface area (Å²) in [5.41, 5.74) is 0.607. The van der Waals surface area contributed by atoms with E-state index in [0.29, 0.717) is 11.4 Å². The van der Waals surface area contributed by atoms with E-state index in [1.807, 2.05) is 0 Å². The van der Waals surface area contributed by atoms with Crippen molar-refractivity contribution in [3.63, 3.8) is 0 Å². The van der Waals surface area contributed by atoms with Crippen LogP contribution in [0.1, 0.15) is 6.42 Å². The molecule has 0 unspecified atom stereocenters. The van der Waals surface area contributed by atoms with Gasteiger partial charge in [-0.1, -0.05) is 0 Å². The highest BCUT2D eigenvalue weighted by molar-refractivity contribution is 9.10. The average Bonchev–Trinajstić information content (AvgIpc) is 2.21. The van der Waals surface area contributed by atoms with Crippen molar-refractivity contribution in [3.8, 4) is 11.8 Å². The quantitative estimate of drug-likeness (QED) is 0.915. The van der Waals surface area contributed by atoms with E-state index < -0.39 is 0 Å². The van der Waals surface area contributed by atoms with Crippen LogP contribution in [0.15, 0.2) is 22.7 Å². The van der Waals surface area contributed by atoms with Crippen molar-refractivity contribution in [2.75, 3.05) is 12.4 Å². The van der Waals surface area contributed by atoms with Crippen LogP contribution in [-0.4, -0.2) is 13.0 Å². The van der Waals surface area contributed by atoms with Gasteiger partial charge in [0.25, 0.3) is 0 Å². The first-order valence-electron chi connectivity index (χ1n) is 4.17. The molecule has 0 atom stereocenters. The van der Waals surface area contributed by atoms with Crippen molar-refractivity contribution in [1.29, 1.82) is 5.26 Å². The lowest BCUT2D eigenvalue weighted by molar-refractivity contribution is -0.115. The highest BCUT2D eigenvalue weighted by Crippen LogP contribution is 2.27. The molecular weight excluding hydrogens is 260 g/mol. The number of benzene rings is 1. The number of nitriles is 1. The fourth-order valence-electron chi connectivity index (χ4n) is 1.01. The Labute approximate surface area is 96.0 Å². The molecule has 1 amide bonds. The number of methoxy groups -OCH3 is 1. The topological polar surface area (TPSA) is 62.1 Å². The molecule has 4 nitrogen and oxygen atoms in total. The van der Waals surface area contributed by atoms with Crippen LogP contribution < -0.4 is 10.1 Å². The van der Waals surface area contributed by atoms with Crippen molar-refractivity contribution in [2.45, 2.75) is 6.42 Å². The van der Waals surface area contributed by atoms with E-state index in [1.54, 1.807) is 31.4 Å². The molecule has 15 heavy (non-hydrogen) atoms. The smallest absolute Gasteiger partial charge is 0.238 e. The van der Waals surface area contributed by atoms with Crippen molar-refractivity contribution in [1.82, 2.24) is 0 Å². The highest BCUT2D eigenvalue weighted by Gasteiger charge is 2.04. The van der Waals surface area contributed by atoms with Crippen molar-refractivity contribution in [2.24, 2.45) is 0 Å². The largest absolute Gasteiger partial charge is 0.495 e. The van der Waals surface area contributed by atoms with Crippen molar-refractivity contribution < 1.29 is 9.53 Å². The highest BCUT2D eigenvalue weighted by atomic mass is 79.9. The molecule has 5 heteroatoms. The molecule has 0 aliphatic rings. The molecular formula is C10H9BrN2O2. The first-order chi connectivity index (χ1) is 7.17. The number of hydrogen-bond donors (Lipinski definition) is 1. The fraction of sp³-hybridized carbons (Fsp3) is 0.200. The first-order valence-corrected chi connectivity index (χ1v) is 4.97. The molecule has 0 aliphatic heterocycles. The zero-order chi connectivity index (χ0) is 11.3. The number of ether oxygens (including phenoxy) is 1. The zero-order valence-electron chi connectivity index (χ0n) is 8.08. The van der Waals surface area contributed by atoms with Gasteiger partial charge >= 0.3 is 0 Å². The number of carbonyl (C=O) groups is 1. The van der Waals surface area contributed by atoms with E-state index in [4.69, 9.17) is 10.00 Å². The summed E-state index contributed by atoms with van der Waals surface area (Å²) in [4.78, 5) is 11.1. The Bertz CT molecular complexity index is 412. The Morgan fingerprint density at radius 1 is 1.67 bits per heavy atom. The van der Waals surface area contributed by atoms with E-state index in [2.05, 4.69) is 21.2 Å². The maximum absolute atomic E-state index is 11.1. The minimum atomic E-state index is -0.332. The van der Waals surface area contributed by atoms with E-state index in [1.165, 1.54) is 0 Å². The second-order valence-electron chi connectivity index (χ2n) is 2.73. The van der Waals surface area contributed by atoms with Gasteiger partial charge in [-0.15, -0.1) is 0 Å². The van der Waals surface area contributed by atoms with Crippen LogP contribution >= 0.6 is 15.9 Å². The third-order valence-corrected chi connectivity index (χ3v) is 2.33. The summed E-state index contributed by atoms with van der Waals surface area (Å²) in [5, 5.41) is 10.9. The van der Waals surface area contributed by atoms with Crippen LogP contribution in [0.4, 0.5) is 5.69 Å². The Morgan fingerprint density at radius 3 is 3.00 bits per heavy atom. The Balaban J connectivity index is 2.79. The van der Waals surface area contributed by atoms with Gasteiger partial charge < -0.3 is 10.1 Å². The number of nitrogens with one attached hydrogen (secondary N) is 1. The van der Waals surface area contributed by atoms with E-state index in [-0.39, 0.29) is 12.3 Å². The van der Waals surface area contributed by atoms with Crippen LogP contribution in [0.5, 0.6) is 5.75 Å². The number of rotatable bonds is 3. The molecule has 0 bridgehead atoms. The minimum Gasteiger partial charge on any atom is -0.495 e. The third kappa shape index (κ3) is 3.26. The van der Waals surface area contributed by atoms with Gasteiger partial charge in [0.05, 0.1) is 17.7 Å². The maximum atomic E-state index is 11.1. The summed E-state index contributed by atoms with van der Waals surface area (Å²) in [6.45, 7) is 0. The molecule has 78 valence electrons. The van der Waals surface area contributed by atoms with Crippen LogP contribution in [0.25, 0.3) is 0 Å². The van der Waals surface area contributed by atoms with Crippen LogP contribution in [0.2, 0.25) is 0 Å². The lowest BCUT2D eigenvalue weighted by Gasteiger charge is -2.07. The van der Waals surface area contributed by atoms with Gasteiger partial charge in [0.2, 0.25) is 5.91 Å². The van der Waals surface area contributed by atoms with E-state index >= 15 is 0 Å². The van der Waals surface area contributed by atoms with Gasteiger partial charge in [-0.05, 0) is 28.1 Å². The number of amides is 1. The lowest BCUT2D eigenvalue weighted by Crippen LogP contribution is -2.10. The standard InChI is InChI=1S/C10H9BrN2O2/c1-15-9-6-7(2-3-8(9)11)13-10(14)4-5-12/h2-3,6H,4H2,1H3,(H,13,14). The molecule has 0 spiro atoms. The molecule has 1 aromatic rings. The SMILES string of the molecule is COc1cc(NC(=O)CC#N)ccc1Br. The molecule has 0 saturated heterocycles. The van der Waals surface area contributed by atoms with Gasteiger partial charge in [0.15, 0.2) is 0 Å². The Hall–Kier alpha value is -1.54. The van der Waals surface area contributed by atoms with Gasteiger partial charge in [-0.2, -0.15) is 5.26 Å². The monoisotopic (exact) mass is 268 g/mol. The molecule has 0 radical (unpaired) electrons. The molecule has 0 aliphatic carbocycles. The fourth-order valence-corrected chi connectivity index (χ4v) is 1.42. The molecule has 1 rings (SSSR count). The summed E-state index contributed by atoms with van der Waals surface area (Å²) in [6.07, 6.45) is -0.154. The summed E-state index contributed by atoms with van der Waals surface area (Å²) in [7, 11) is 1.54. The van der Waals surface area contributed by atoms with Gasteiger partial charge in [0.1, 0.15) is 12.2 Å². The summed E-state index contributed by atoms with van der Waals surface area (Å²) in [6, 6.07) is 6.94. The first kappa shape index (κ1) is 11.5. The van der Waals surface area contributed by atoms with E-state index in [0.717, 1.165) is 4.47 Å². The number of carbonyl (C=O) groups excluding carboxylic acids is 1. The Kier molecular flexibility index (Phi) is 4.13. The Morgan fingerprint density at radius 2 is 2.40 bits per heavy atom. The van der Waals surface area contributed by atoms with Gasteiger partial charge in [0, 0.05) is 11.8 Å². The summed E-state index contributed by atoms with van der Waals surface area (Å²) < 4.78 is 5.87. The summed E-state index contributed by atoms with van der Waals surface area (Å²) >= 11 is 3.30. The molecule has 0 aromatic heterocycles. The molecule has 0 saturated carbocycles. The molecule has 1 N–H and O–H groups in total. The second-order valence-corrected chi connectivity index (χ2v) is 3.59. The molecule has 0 fully saturated rings. The lowest BCUT2D eigenvalue weighted by atomic mass is 10.3. The second kappa shape index (κ2) is 5.37. The third-order valence-electron chi connectivity index (χ3n) is 1.67. The van der Waals surface area contributed by atoms with E-state index in [9.17, 15) is 4.79 Å².